The van der Waals surface area contributed by atoms with Gasteiger partial charge < -0.3 is 15.7 Å². The highest BCUT2D eigenvalue weighted by Gasteiger charge is 2.29. The molecule has 3 atom stereocenters. The van der Waals surface area contributed by atoms with Crippen molar-refractivity contribution >= 4 is 29.9 Å². The number of guanidine groups is 1. The Kier molecular flexibility index (Phi) is 10.6. The van der Waals surface area contributed by atoms with Crippen LogP contribution < -0.4 is 10.6 Å². The third kappa shape index (κ3) is 7.58. The maximum Gasteiger partial charge on any atom is 0.191 e. The molecule has 154 valence electrons. The lowest BCUT2D eigenvalue weighted by Gasteiger charge is -2.24. The lowest BCUT2D eigenvalue weighted by atomic mass is 9.89. The van der Waals surface area contributed by atoms with Crippen LogP contribution in [0, 0.1) is 5.41 Å². The first-order valence-electron chi connectivity index (χ1n) is 9.93. The van der Waals surface area contributed by atoms with E-state index in [0.29, 0.717) is 18.6 Å². The SMILES string of the molecule is CCNC(=NCC(C)(CC)CO)NC1CC(C)N(Cc2ccccc2)C1.I. The van der Waals surface area contributed by atoms with Crippen LogP contribution >= 0.6 is 24.0 Å². The molecule has 3 N–H and O–H groups in total. The summed E-state index contributed by atoms with van der Waals surface area (Å²) < 4.78 is 0. The molecule has 6 heteroatoms. The predicted molar refractivity (Wildman–Crippen MR) is 125 cm³/mol. The molecule has 0 spiro atoms. The number of nitrogens with zero attached hydrogens (tertiary/aromatic N) is 2. The molecule has 1 aromatic rings. The summed E-state index contributed by atoms with van der Waals surface area (Å²) in [6.07, 6.45) is 2.03. The zero-order valence-corrected chi connectivity index (χ0v) is 19.6. The molecule has 1 aromatic carbocycles. The summed E-state index contributed by atoms with van der Waals surface area (Å²) in [7, 11) is 0. The number of nitrogens with one attached hydrogen (secondary N) is 2. The summed E-state index contributed by atoms with van der Waals surface area (Å²) in [5, 5.41) is 16.6. The van der Waals surface area contributed by atoms with Crippen LogP contribution in [0.2, 0.25) is 0 Å². The third-order valence-electron chi connectivity index (χ3n) is 5.47. The molecule has 1 heterocycles. The van der Waals surface area contributed by atoms with Gasteiger partial charge in [0.05, 0.1) is 13.2 Å². The number of hydrogen-bond donors (Lipinski definition) is 3. The second-order valence-corrected chi connectivity index (χ2v) is 7.86. The third-order valence-corrected chi connectivity index (χ3v) is 5.47. The lowest BCUT2D eigenvalue weighted by Crippen LogP contribution is -2.45. The van der Waals surface area contributed by atoms with Gasteiger partial charge in [-0.25, -0.2) is 0 Å². The van der Waals surface area contributed by atoms with Crippen LogP contribution in [0.4, 0.5) is 0 Å². The van der Waals surface area contributed by atoms with Crippen LogP contribution in [0.25, 0.3) is 0 Å². The average molecular weight is 488 g/mol. The number of aliphatic imine (C=N–C) groups is 1. The number of aliphatic hydroxyl groups is 1. The zero-order valence-electron chi connectivity index (χ0n) is 17.2. The number of benzene rings is 1. The van der Waals surface area contributed by atoms with E-state index in [4.69, 9.17) is 4.99 Å². The molecule has 5 nitrogen and oxygen atoms in total. The molecule has 0 saturated carbocycles. The molecule has 0 radical (unpaired) electrons. The Balaban J connectivity index is 0.00000364. The fourth-order valence-electron chi connectivity index (χ4n) is 3.30. The van der Waals surface area contributed by atoms with Crippen LogP contribution in [-0.2, 0) is 6.54 Å². The first kappa shape index (κ1) is 24.2. The molecule has 1 aliphatic heterocycles. The van der Waals surface area contributed by atoms with E-state index < -0.39 is 0 Å². The van der Waals surface area contributed by atoms with Crippen molar-refractivity contribution in [3.05, 3.63) is 35.9 Å². The van der Waals surface area contributed by atoms with Crippen LogP contribution in [0.1, 0.15) is 46.1 Å². The van der Waals surface area contributed by atoms with Crippen LogP contribution in [-0.4, -0.2) is 54.3 Å². The van der Waals surface area contributed by atoms with E-state index in [2.05, 4.69) is 73.6 Å². The minimum atomic E-state index is -0.148. The van der Waals surface area contributed by atoms with Gasteiger partial charge in [-0.05, 0) is 32.3 Å². The van der Waals surface area contributed by atoms with Crippen LogP contribution in [0.15, 0.2) is 35.3 Å². The smallest absolute Gasteiger partial charge is 0.191 e. The van der Waals surface area contributed by atoms with Gasteiger partial charge >= 0.3 is 0 Å². The topological polar surface area (TPSA) is 59.9 Å². The van der Waals surface area contributed by atoms with Crippen molar-refractivity contribution in [2.45, 2.75) is 59.2 Å². The molecule has 1 aliphatic rings. The maximum absolute atomic E-state index is 9.61. The van der Waals surface area contributed by atoms with Crippen molar-refractivity contribution < 1.29 is 5.11 Å². The van der Waals surface area contributed by atoms with E-state index in [-0.39, 0.29) is 36.0 Å². The van der Waals surface area contributed by atoms with Gasteiger partial charge in [0.15, 0.2) is 5.96 Å². The number of halogens is 1. The molecule has 2 rings (SSSR count). The highest BCUT2D eigenvalue weighted by atomic mass is 127. The van der Waals surface area contributed by atoms with Gasteiger partial charge in [-0.1, -0.05) is 44.2 Å². The molecule has 0 aliphatic carbocycles. The quantitative estimate of drug-likeness (QED) is 0.299. The summed E-state index contributed by atoms with van der Waals surface area (Å²) >= 11 is 0. The molecule has 27 heavy (non-hydrogen) atoms. The standard InChI is InChI=1S/C21H36N4O.HI/c1-5-21(4,16-26)15-23-20(22-6-2)24-19-12-17(3)25(14-19)13-18-10-8-7-9-11-18;/h7-11,17,19,26H,5-6,12-16H2,1-4H3,(H2,22,23,24);1H. The van der Waals surface area contributed by atoms with Crippen molar-refractivity contribution in [2.75, 3.05) is 26.2 Å². The van der Waals surface area contributed by atoms with E-state index >= 15 is 0 Å². The second-order valence-electron chi connectivity index (χ2n) is 7.86. The highest BCUT2D eigenvalue weighted by molar-refractivity contribution is 14.0. The van der Waals surface area contributed by atoms with Crippen LogP contribution in [0.3, 0.4) is 0 Å². The Labute approximate surface area is 182 Å². The Hall–Kier alpha value is -0.860. The molecule has 0 bridgehead atoms. The van der Waals surface area contributed by atoms with Gasteiger partial charge in [-0.15, -0.1) is 24.0 Å². The van der Waals surface area contributed by atoms with Gasteiger partial charge in [0.2, 0.25) is 0 Å². The maximum atomic E-state index is 9.61. The fourth-order valence-corrected chi connectivity index (χ4v) is 3.30. The predicted octanol–water partition coefficient (Wildman–Crippen LogP) is 3.23. The summed E-state index contributed by atoms with van der Waals surface area (Å²) in [4.78, 5) is 7.27. The summed E-state index contributed by atoms with van der Waals surface area (Å²) in [5.41, 5.74) is 1.22. The minimum Gasteiger partial charge on any atom is -0.396 e. The van der Waals surface area contributed by atoms with E-state index in [1.807, 2.05) is 0 Å². The monoisotopic (exact) mass is 488 g/mol. The average Bonchev–Trinajstić information content (AvgIpc) is 2.99. The first-order chi connectivity index (χ1) is 12.5. The second kappa shape index (κ2) is 11.9. The van der Waals surface area contributed by atoms with Gasteiger partial charge in [0, 0.05) is 37.1 Å². The normalized spacial score (nSPS) is 22.8. The van der Waals surface area contributed by atoms with Crippen molar-refractivity contribution in [3.63, 3.8) is 0 Å². The molecule has 3 unspecified atom stereocenters. The Morgan fingerprint density at radius 2 is 2.00 bits per heavy atom. The van der Waals surface area contributed by atoms with E-state index in [1.165, 1.54) is 5.56 Å². The molecular formula is C21H37IN4O. The Morgan fingerprint density at radius 1 is 1.30 bits per heavy atom. The first-order valence-corrected chi connectivity index (χ1v) is 9.93. The minimum absolute atomic E-state index is 0. The molecule has 0 aromatic heterocycles. The summed E-state index contributed by atoms with van der Waals surface area (Å²) in [5.74, 6) is 0.861. The summed E-state index contributed by atoms with van der Waals surface area (Å²) in [6.45, 7) is 12.2. The molecular weight excluding hydrogens is 451 g/mol. The van der Waals surface area contributed by atoms with Crippen molar-refractivity contribution in [2.24, 2.45) is 10.4 Å². The van der Waals surface area contributed by atoms with E-state index in [9.17, 15) is 5.11 Å². The van der Waals surface area contributed by atoms with Crippen molar-refractivity contribution in [1.29, 1.82) is 0 Å². The van der Waals surface area contributed by atoms with Gasteiger partial charge in [-0.3, -0.25) is 9.89 Å². The number of aliphatic hydroxyl groups excluding tert-OH is 1. The Morgan fingerprint density at radius 3 is 2.59 bits per heavy atom. The molecule has 0 amide bonds. The number of likely N-dealkylation sites (tertiary alicyclic amines) is 1. The van der Waals surface area contributed by atoms with Crippen LogP contribution in [0.5, 0.6) is 0 Å². The van der Waals surface area contributed by atoms with Crippen molar-refractivity contribution in [3.8, 4) is 0 Å². The van der Waals surface area contributed by atoms with E-state index in [1.54, 1.807) is 0 Å². The summed E-state index contributed by atoms with van der Waals surface area (Å²) in [6, 6.07) is 11.6. The van der Waals surface area contributed by atoms with E-state index in [0.717, 1.165) is 38.4 Å². The Bertz CT molecular complexity index is 563. The molecule has 1 fully saturated rings. The van der Waals surface area contributed by atoms with Crippen molar-refractivity contribution in [1.82, 2.24) is 15.5 Å². The van der Waals surface area contributed by atoms with Gasteiger partial charge in [0.25, 0.3) is 0 Å². The highest BCUT2D eigenvalue weighted by Crippen LogP contribution is 2.21. The zero-order chi connectivity index (χ0) is 19.0. The van der Waals surface area contributed by atoms with Gasteiger partial charge in [-0.2, -0.15) is 0 Å². The fraction of sp³-hybridized carbons (Fsp3) is 0.667. The molecule has 1 saturated heterocycles. The lowest BCUT2D eigenvalue weighted by molar-refractivity contribution is 0.145. The number of rotatable bonds is 8. The largest absolute Gasteiger partial charge is 0.396 e. The number of hydrogen-bond acceptors (Lipinski definition) is 3. The van der Waals surface area contributed by atoms with Gasteiger partial charge in [0.1, 0.15) is 0 Å².